The molecule has 70 heavy (non-hydrogen) atoms. The molecule has 3 aromatic heterocycles. The molecular weight excluding hydrogens is 950 g/mol. The van der Waals surface area contributed by atoms with Crippen LogP contribution < -0.4 is 32.1 Å². The fourth-order valence-corrected chi connectivity index (χ4v) is 9.32. The van der Waals surface area contributed by atoms with Gasteiger partial charge in [0, 0.05) is 53.0 Å². The molecule has 6 N–H and O–H groups in total. The summed E-state index contributed by atoms with van der Waals surface area (Å²) in [6.45, 7) is 6.85. The predicted molar refractivity (Wildman–Crippen MR) is 251 cm³/mol. The largest absolute Gasteiger partial charge is 0.458 e. The molecule has 23 heteroatoms. The van der Waals surface area contributed by atoms with Crippen molar-refractivity contribution in [2.75, 3.05) is 19.6 Å². The maximum absolute atomic E-state index is 14.0. The molecular formula is C47H52ClN9O12S. The quantitative estimate of drug-likeness (QED) is 0.0266. The van der Waals surface area contributed by atoms with Crippen molar-refractivity contribution in [3.05, 3.63) is 78.8 Å². The van der Waals surface area contributed by atoms with Crippen LogP contribution in [-0.4, -0.2) is 106 Å². The van der Waals surface area contributed by atoms with Crippen molar-refractivity contribution in [2.45, 2.75) is 121 Å². The number of pyridine rings is 2. The molecule has 0 spiro atoms. The van der Waals surface area contributed by atoms with Crippen molar-refractivity contribution >= 4 is 67.8 Å². The predicted octanol–water partition coefficient (Wildman–Crippen LogP) is 1.16. The Kier molecular flexibility index (Phi) is 15.1. The minimum Gasteiger partial charge on any atom is -0.458 e. The molecule has 0 bridgehead atoms. The molecule has 0 saturated heterocycles. The average Bonchev–Trinajstić information content (AvgIpc) is 3.69. The van der Waals surface area contributed by atoms with E-state index in [-0.39, 0.29) is 49.0 Å². The highest BCUT2D eigenvalue weighted by atomic mass is 35.5. The normalized spacial score (nSPS) is 17.8. The number of rotatable bonds is 16. The Hall–Kier alpha value is -6.80. The molecule has 3 aliphatic rings. The van der Waals surface area contributed by atoms with Gasteiger partial charge < -0.3 is 45.7 Å². The van der Waals surface area contributed by atoms with Crippen molar-refractivity contribution in [2.24, 2.45) is 0 Å². The van der Waals surface area contributed by atoms with E-state index in [9.17, 15) is 47.1 Å². The van der Waals surface area contributed by atoms with Gasteiger partial charge in [-0.2, -0.15) is 0 Å². The number of ether oxygens (including phenoxy) is 2. The van der Waals surface area contributed by atoms with Gasteiger partial charge in [0.1, 0.15) is 38.1 Å². The van der Waals surface area contributed by atoms with Gasteiger partial charge in [-0.15, -0.1) is 0 Å². The molecule has 0 unspecified atom stereocenters. The lowest BCUT2D eigenvalue weighted by atomic mass is 9.81. The third kappa shape index (κ3) is 10.5. The van der Waals surface area contributed by atoms with E-state index >= 15 is 0 Å². The fourth-order valence-electron chi connectivity index (χ4n) is 8.62. The molecule has 2 aliphatic heterocycles. The SMILES string of the molecule is CC[C@@]1(O)C(=O)OCc2c1cc1n(c2=O)Cc2c-1nc1cc(Cl)c(C)c3c1c2[C@@H](NC(=O)COCNC(=O)[C@H](C)NC(=O)[C@H](C)NC(=O)[C@H](C)NC(=O)CCCC#Cc1cnc(S(C)(=O)=O)nc1)CC3. The van der Waals surface area contributed by atoms with Gasteiger partial charge in [0.25, 0.3) is 5.56 Å². The number of fused-ring (bicyclic) bond motifs is 5. The highest BCUT2D eigenvalue weighted by Gasteiger charge is 2.46. The first kappa shape index (κ1) is 51.1. The summed E-state index contributed by atoms with van der Waals surface area (Å²) in [5.74, 6) is 1.96. The highest BCUT2D eigenvalue weighted by Crippen LogP contribution is 2.46. The van der Waals surface area contributed by atoms with Gasteiger partial charge in [0.15, 0.2) is 5.60 Å². The molecule has 1 aliphatic carbocycles. The van der Waals surface area contributed by atoms with Gasteiger partial charge in [-0.3, -0.25) is 28.8 Å². The van der Waals surface area contributed by atoms with Gasteiger partial charge in [0.05, 0.1) is 40.6 Å². The first-order valence-electron chi connectivity index (χ1n) is 22.5. The fraction of sp³-hybridized carbons (Fsp3) is 0.447. The second-order valence-electron chi connectivity index (χ2n) is 17.4. The molecule has 0 saturated carbocycles. The number of benzene rings is 1. The number of hydrogen-bond donors (Lipinski definition) is 6. The lowest BCUT2D eigenvalue weighted by Gasteiger charge is -2.31. The molecule has 7 rings (SSSR count). The van der Waals surface area contributed by atoms with Crippen LogP contribution in [0.1, 0.15) is 105 Å². The van der Waals surface area contributed by atoms with E-state index in [2.05, 4.69) is 48.4 Å². The maximum atomic E-state index is 14.0. The molecule has 21 nitrogen and oxygen atoms in total. The number of cyclic esters (lactones) is 1. The minimum absolute atomic E-state index is 0.0127. The molecule has 0 radical (unpaired) electrons. The Morgan fingerprint density at radius 3 is 2.33 bits per heavy atom. The summed E-state index contributed by atoms with van der Waals surface area (Å²) in [4.78, 5) is 104. The van der Waals surface area contributed by atoms with Gasteiger partial charge in [-0.1, -0.05) is 30.4 Å². The van der Waals surface area contributed by atoms with Crippen LogP contribution >= 0.6 is 11.6 Å². The number of esters is 1. The number of nitrogens with one attached hydrogen (secondary N) is 5. The number of carbonyl (C=O) groups is 6. The standard InChI is InChI=1S/C47H52ClN9O12S/c1-7-47(65)31-15-35-40-29(19-57(35)44(63)30(31)20-69-45(47)64)39-33(14-13-28-23(2)32(48)16-34(56-40)38(28)39)55-37(59)21-68-22-51-41(60)24(3)53-43(62)26(5)54-42(61)25(4)52-36(58)12-10-8-9-11-27-17-49-46(50-18-27)70(6,66)67/h15-18,24-26,33,65H,7-8,10,12-14,19-22H2,1-6H3,(H,51,60)(H,52,58)(H,53,62)(H,54,61)(H,55,59)/t24-,25-,26-,33-,47-/m0/s1. The van der Waals surface area contributed by atoms with Gasteiger partial charge in [-0.05, 0) is 82.2 Å². The Morgan fingerprint density at radius 2 is 1.66 bits per heavy atom. The Bertz CT molecular complexity index is 3080. The number of sulfone groups is 1. The molecule has 4 aromatic rings. The number of aliphatic hydroxyl groups is 1. The molecule has 0 fully saturated rings. The van der Waals surface area contributed by atoms with Crippen molar-refractivity contribution in [1.82, 2.24) is 46.1 Å². The topological polar surface area (TPSA) is 296 Å². The van der Waals surface area contributed by atoms with E-state index in [4.69, 9.17) is 26.1 Å². The summed E-state index contributed by atoms with van der Waals surface area (Å²) >= 11 is 6.69. The van der Waals surface area contributed by atoms with Crippen LogP contribution in [0, 0.1) is 18.8 Å². The number of unbranched alkanes of at least 4 members (excludes halogenated alkanes) is 1. The summed E-state index contributed by atoms with van der Waals surface area (Å²) in [7, 11) is -3.53. The van der Waals surface area contributed by atoms with Crippen LogP contribution in [-0.2, 0) is 73.3 Å². The van der Waals surface area contributed by atoms with E-state index in [1.807, 2.05) is 6.92 Å². The van der Waals surface area contributed by atoms with Crippen molar-refractivity contribution in [3.8, 4) is 23.2 Å². The zero-order chi connectivity index (χ0) is 50.8. The van der Waals surface area contributed by atoms with Crippen LogP contribution in [0.4, 0.5) is 0 Å². The summed E-state index contributed by atoms with van der Waals surface area (Å²) in [6, 6.07) is -0.297. The van der Waals surface area contributed by atoms with E-state index in [1.54, 1.807) is 19.1 Å². The van der Waals surface area contributed by atoms with E-state index in [0.717, 1.165) is 28.3 Å². The summed E-state index contributed by atoms with van der Waals surface area (Å²) < 4.78 is 35.3. The van der Waals surface area contributed by atoms with Gasteiger partial charge >= 0.3 is 5.97 Å². The number of nitrogens with zero attached hydrogens (tertiary/aromatic N) is 4. The van der Waals surface area contributed by atoms with Gasteiger partial charge in [-0.25, -0.2) is 28.2 Å². The number of halogens is 1. The van der Waals surface area contributed by atoms with E-state index in [0.29, 0.717) is 58.7 Å². The first-order valence-corrected chi connectivity index (χ1v) is 24.8. The Morgan fingerprint density at radius 1 is 0.986 bits per heavy atom. The molecule has 5 heterocycles. The summed E-state index contributed by atoms with van der Waals surface area (Å²) in [5, 5.41) is 25.5. The smallest absolute Gasteiger partial charge is 0.343 e. The lowest BCUT2D eigenvalue weighted by Crippen LogP contribution is -2.54. The summed E-state index contributed by atoms with van der Waals surface area (Å²) in [5.41, 5.74) is 3.09. The van der Waals surface area contributed by atoms with Crippen LogP contribution in [0.25, 0.3) is 22.3 Å². The number of carbonyl (C=O) groups excluding carboxylic acids is 6. The zero-order valence-corrected chi connectivity index (χ0v) is 40.8. The second-order valence-corrected chi connectivity index (χ2v) is 19.8. The third-order valence-corrected chi connectivity index (χ3v) is 13.7. The minimum atomic E-state index is -3.53. The third-order valence-electron chi connectivity index (χ3n) is 12.5. The average molecular weight is 1000 g/mol. The lowest BCUT2D eigenvalue weighted by molar-refractivity contribution is -0.172. The van der Waals surface area contributed by atoms with Crippen LogP contribution in [0.15, 0.2) is 34.5 Å². The first-order chi connectivity index (χ1) is 33.1. The summed E-state index contributed by atoms with van der Waals surface area (Å²) in [6.07, 6.45) is 5.37. The molecule has 370 valence electrons. The van der Waals surface area contributed by atoms with E-state index < -0.39 is 87.3 Å². The number of hydrogen-bond acceptors (Lipinski definition) is 15. The van der Waals surface area contributed by atoms with Crippen LogP contribution in [0.2, 0.25) is 5.02 Å². The number of aryl methyl sites for hydroxylation is 1. The molecule has 5 amide bonds. The van der Waals surface area contributed by atoms with Gasteiger partial charge in [0.2, 0.25) is 44.5 Å². The monoisotopic (exact) mass is 1000 g/mol. The number of amides is 5. The highest BCUT2D eigenvalue weighted by molar-refractivity contribution is 7.90. The van der Waals surface area contributed by atoms with Crippen LogP contribution in [0.3, 0.4) is 0 Å². The molecule has 1 aromatic carbocycles. The van der Waals surface area contributed by atoms with Crippen LogP contribution in [0.5, 0.6) is 0 Å². The van der Waals surface area contributed by atoms with Crippen molar-refractivity contribution in [3.63, 3.8) is 0 Å². The second kappa shape index (κ2) is 20.7. The van der Waals surface area contributed by atoms with Crippen molar-refractivity contribution in [1.29, 1.82) is 0 Å². The van der Waals surface area contributed by atoms with E-state index in [1.165, 1.54) is 37.7 Å². The number of aromatic nitrogens is 4. The molecule has 5 atom stereocenters. The zero-order valence-electron chi connectivity index (χ0n) is 39.2. The maximum Gasteiger partial charge on any atom is 0.343 e. The Labute approximate surface area is 407 Å². The Balaban J connectivity index is 0.880. The van der Waals surface area contributed by atoms with Crippen molar-refractivity contribution < 1.29 is 51.8 Å².